The van der Waals surface area contributed by atoms with Gasteiger partial charge in [0, 0.05) is 17.1 Å². The van der Waals surface area contributed by atoms with Crippen LogP contribution in [0.4, 0.5) is 17.1 Å². The molecule has 0 radical (unpaired) electrons. The van der Waals surface area contributed by atoms with Crippen molar-refractivity contribution in [2.75, 3.05) is 19.1 Å². The molecule has 0 spiro atoms. The molecule has 0 amide bonds. The highest BCUT2D eigenvalue weighted by Crippen LogP contribution is 2.37. The zero-order chi connectivity index (χ0) is 21.8. The number of rotatable bonds is 6. The number of methoxy groups -OCH3 is 2. The maximum Gasteiger partial charge on any atom is 0.119 e. The van der Waals surface area contributed by atoms with Crippen LogP contribution in [0, 0.1) is 13.8 Å². The van der Waals surface area contributed by atoms with Crippen LogP contribution in [-0.4, -0.2) is 14.2 Å². The highest BCUT2D eigenvalue weighted by molar-refractivity contribution is 5.79. The number of aryl methyl sites for hydroxylation is 2. The molecule has 0 N–H and O–H groups in total. The minimum absolute atomic E-state index is 0.837. The van der Waals surface area contributed by atoms with Crippen molar-refractivity contribution in [3.05, 3.63) is 102 Å². The van der Waals surface area contributed by atoms with Gasteiger partial charge in [0.1, 0.15) is 11.5 Å². The van der Waals surface area contributed by atoms with Gasteiger partial charge in [-0.2, -0.15) is 0 Å². The first-order chi connectivity index (χ1) is 15.1. The molecule has 0 saturated carbocycles. The average molecular weight is 410 g/mol. The van der Waals surface area contributed by atoms with Crippen LogP contribution in [0.25, 0.3) is 11.1 Å². The minimum Gasteiger partial charge on any atom is -0.497 e. The Kier molecular flexibility index (Phi) is 5.94. The number of hydrogen-bond donors (Lipinski definition) is 0. The summed E-state index contributed by atoms with van der Waals surface area (Å²) in [6, 6.07) is 31.5. The fraction of sp³-hybridized carbons (Fsp3) is 0.143. The van der Waals surface area contributed by atoms with Gasteiger partial charge in [0.2, 0.25) is 0 Å². The Balaban J connectivity index is 1.76. The molecule has 0 fully saturated rings. The van der Waals surface area contributed by atoms with Crippen LogP contribution in [0.1, 0.15) is 11.1 Å². The fourth-order valence-electron chi connectivity index (χ4n) is 3.75. The lowest BCUT2D eigenvalue weighted by atomic mass is 9.98. The van der Waals surface area contributed by atoms with Crippen molar-refractivity contribution in [2.45, 2.75) is 13.8 Å². The molecular weight excluding hydrogens is 382 g/mol. The molecule has 4 rings (SSSR count). The van der Waals surface area contributed by atoms with Crippen molar-refractivity contribution in [1.29, 1.82) is 0 Å². The van der Waals surface area contributed by atoms with E-state index in [1.165, 1.54) is 22.3 Å². The summed E-state index contributed by atoms with van der Waals surface area (Å²) >= 11 is 0. The van der Waals surface area contributed by atoms with Crippen molar-refractivity contribution in [3.8, 4) is 22.6 Å². The molecule has 156 valence electrons. The first kappa shape index (κ1) is 20.5. The molecular formula is C28H27NO2. The largest absolute Gasteiger partial charge is 0.497 e. The molecule has 0 aromatic heterocycles. The van der Waals surface area contributed by atoms with Gasteiger partial charge < -0.3 is 14.4 Å². The lowest BCUT2D eigenvalue weighted by Gasteiger charge is -2.26. The van der Waals surface area contributed by atoms with Crippen molar-refractivity contribution in [3.63, 3.8) is 0 Å². The van der Waals surface area contributed by atoms with E-state index in [2.05, 4.69) is 85.5 Å². The summed E-state index contributed by atoms with van der Waals surface area (Å²) < 4.78 is 10.7. The highest BCUT2D eigenvalue weighted by atomic mass is 16.5. The highest BCUT2D eigenvalue weighted by Gasteiger charge is 2.13. The third-order valence-electron chi connectivity index (χ3n) is 5.49. The summed E-state index contributed by atoms with van der Waals surface area (Å²) in [7, 11) is 3.37. The molecule has 4 aromatic carbocycles. The van der Waals surface area contributed by atoms with Crippen molar-refractivity contribution in [2.24, 2.45) is 0 Å². The Bertz CT molecular complexity index is 1100. The van der Waals surface area contributed by atoms with E-state index in [0.29, 0.717) is 0 Å². The topological polar surface area (TPSA) is 21.7 Å². The van der Waals surface area contributed by atoms with Gasteiger partial charge >= 0.3 is 0 Å². The van der Waals surface area contributed by atoms with Crippen molar-refractivity contribution in [1.82, 2.24) is 0 Å². The summed E-state index contributed by atoms with van der Waals surface area (Å²) in [4.78, 5) is 2.23. The smallest absolute Gasteiger partial charge is 0.119 e. The monoisotopic (exact) mass is 409 g/mol. The van der Waals surface area contributed by atoms with Gasteiger partial charge in [0.25, 0.3) is 0 Å². The zero-order valence-electron chi connectivity index (χ0n) is 18.4. The summed E-state index contributed by atoms with van der Waals surface area (Å²) in [5.41, 5.74) is 8.24. The van der Waals surface area contributed by atoms with E-state index >= 15 is 0 Å². The first-order valence-corrected chi connectivity index (χ1v) is 10.3. The normalized spacial score (nSPS) is 10.6. The lowest BCUT2D eigenvalue weighted by Crippen LogP contribution is -2.09. The molecule has 0 aliphatic rings. The average Bonchev–Trinajstić information content (AvgIpc) is 2.82. The quantitative estimate of drug-likeness (QED) is 0.330. The molecule has 0 aliphatic carbocycles. The van der Waals surface area contributed by atoms with E-state index in [9.17, 15) is 0 Å². The summed E-state index contributed by atoms with van der Waals surface area (Å²) in [5, 5.41) is 0. The predicted molar refractivity (Wildman–Crippen MR) is 129 cm³/mol. The van der Waals surface area contributed by atoms with Crippen molar-refractivity contribution >= 4 is 17.1 Å². The second-order valence-corrected chi connectivity index (χ2v) is 7.60. The van der Waals surface area contributed by atoms with Crippen LogP contribution < -0.4 is 14.4 Å². The lowest BCUT2D eigenvalue weighted by molar-refractivity contribution is 0.415. The van der Waals surface area contributed by atoms with Crippen LogP contribution in [0.5, 0.6) is 11.5 Å². The minimum atomic E-state index is 0.837. The van der Waals surface area contributed by atoms with Gasteiger partial charge in [0.15, 0.2) is 0 Å². The van der Waals surface area contributed by atoms with Crippen LogP contribution in [-0.2, 0) is 0 Å². The van der Waals surface area contributed by atoms with E-state index in [1.807, 2.05) is 24.3 Å². The van der Waals surface area contributed by atoms with E-state index < -0.39 is 0 Å². The molecule has 4 aromatic rings. The summed E-state index contributed by atoms with van der Waals surface area (Å²) in [5.74, 6) is 1.67. The third-order valence-corrected chi connectivity index (χ3v) is 5.49. The van der Waals surface area contributed by atoms with Crippen LogP contribution >= 0.6 is 0 Å². The molecule has 0 atom stereocenters. The maximum absolute atomic E-state index is 5.34. The maximum atomic E-state index is 5.34. The number of ether oxygens (including phenoxy) is 2. The number of nitrogens with zero attached hydrogens (tertiary/aromatic N) is 1. The van der Waals surface area contributed by atoms with Crippen LogP contribution in [0.3, 0.4) is 0 Å². The fourth-order valence-corrected chi connectivity index (χ4v) is 3.75. The Morgan fingerprint density at radius 3 is 1.45 bits per heavy atom. The Morgan fingerprint density at radius 1 is 0.548 bits per heavy atom. The van der Waals surface area contributed by atoms with E-state index in [1.54, 1.807) is 14.2 Å². The van der Waals surface area contributed by atoms with Gasteiger partial charge in [-0.1, -0.05) is 35.9 Å². The Morgan fingerprint density at radius 2 is 1.00 bits per heavy atom. The Hall–Kier alpha value is -3.72. The molecule has 0 saturated heterocycles. The summed E-state index contributed by atoms with van der Waals surface area (Å²) in [6.07, 6.45) is 0. The number of hydrogen-bond acceptors (Lipinski definition) is 3. The van der Waals surface area contributed by atoms with Crippen LogP contribution in [0.2, 0.25) is 0 Å². The van der Waals surface area contributed by atoms with Gasteiger partial charge in [-0.15, -0.1) is 0 Å². The number of anilines is 3. The molecule has 3 nitrogen and oxygen atoms in total. The van der Waals surface area contributed by atoms with Gasteiger partial charge in [-0.05, 0) is 91.2 Å². The third kappa shape index (κ3) is 4.41. The molecule has 0 bridgehead atoms. The first-order valence-electron chi connectivity index (χ1n) is 10.3. The summed E-state index contributed by atoms with van der Waals surface area (Å²) in [6.45, 7) is 4.29. The van der Waals surface area contributed by atoms with Crippen LogP contribution in [0.15, 0.2) is 91.0 Å². The van der Waals surface area contributed by atoms with Crippen molar-refractivity contribution < 1.29 is 9.47 Å². The molecule has 0 unspecified atom stereocenters. The van der Waals surface area contributed by atoms with E-state index in [4.69, 9.17) is 9.47 Å². The second-order valence-electron chi connectivity index (χ2n) is 7.60. The molecule has 0 heterocycles. The number of benzene rings is 4. The molecule has 0 aliphatic heterocycles. The zero-order valence-corrected chi connectivity index (χ0v) is 18.4. The van der Waals surface area contributed by atoms with Gasteiger partial charge in [0.05, 0.1) is 14.2 Å². The van der Waals surface area contributed by atoms with E-state index in [0.717, 1.165) is 28.6 Å². The predicted octanol–water partition coefficient (Wildman–Crippen LogP) is 7.46. The standard InChI is InChI=1S/C28H27NO2/c1-20-5-6-21(2)28(19-20)22-7-9-23(10-8-22)29(24-11-15-26(30-3)16-12-24)25-13-17-27(31-4)18-14-25/h5-19H,1-4H3. The molecule has 31 heavy (non-hydrogen) atoms. The van der Waals surface area contributed by atoms with Gasteiger partial charge in [-0.3, -0.25) is 0 Å². The van der Waals surface area contributed by atoms with E-state index in [-0.39, 0.29) is 0 Å². The second kappa shape index (κ2) is 8.97. The Labute approximate surface area is 184 Å². The van der Waals surface area contributed by atoms with Gasteiger partial charge in [-0.25, -0.2) is 0 Å². The SMILES string of the molecule is COc1ccc(N(c2ccc(OC)cc2)c2ccc(-c3cc(C)ccc3C)cc2)cc1. The molecule has 3 heteroatoms.